The van der Waals surface area contributed by atoms with E-state index in [2.05, 4.69) is 0 Å². The van der Waals surface area contributed by atoms with Crippen LogP contribution in [0.15, 0.2) is 52.3 Å². The molecule has 0 saturated carbocycles. The standard InChI is InChI=1S/C20H23FN2O4S2/c21-18-6-3-7-19(15-18)28(24,25)22-10-12-23(13-11-22)29(26,27)20-9-8-16-4-1-2-5-17(16)14-20/h3,6-9,14-15H,1-2,4-5,10-13H2. The second kappa shape index (κ2) is 7.79. The third-order valence-corrected chi connectivity index (χ3v) is 9.38. The molecule has 0 atom stereocenters. The van der Waals surface area contributed by atoms with E-state index in [9.17, 15) is 21.2 Å². The molecule has 2 aromatic rings. The number of halogens is 1. The summed E-state index contributed by atoms with van der Waals surface area (Å²) < 4.78 is 67.5. The molecule has 1 heterocycles. The van der Waals surface area contributed by atoms with Crippen LogP contribution >= 0.6 is 0 Å². The molecule has 0 bridgehead atoms. The number of hydrogen-bond acceptors (Lipinski definition) is 4. The average Bonchev–Trinajstić information content (AvgIpc) is 2.73. The Morgan fingerprint density at radius 2 is 1.24 bits per heavy atom. The van der Waals surface area contributed by atoms with Gasteiger partial charge in [-0.25, -0.2) is 21.2 Å². The summed E-state index contributed by atoms with van der Waals surface area (Å²) in [6.07, 6.45) is 4.05. The molecule has 1 aliphatic heterocycles. The number of rotatable bonds is 4. The van der Waals surface area contributed by atoms with Crippen LogP contribution in [-0.4, -0.2) is 51.6 Å². The number of hydrogen-bond donors (Lipinski definition) is 0. The minimum Gasteiger partial charge on any atom is -0.207 e. The van der Waals surface area contributed by atoms with E-state index in [-0.39, 0.29) is 36.0 Å². The lowest BCUT2D eigenvalue weighted by atomic mass is 9.92. The van der Waals surface area contributed by atoms with Crippen LogP contribution in [-0.2, 0) is 32.9 Å². The summed E-state index contributed by atoms with van der Waals surface area (Å²) in [6, 6.07) is 10.2. The van der Waals surface area contributed by atoms with Crippen molar-refractivity contribution in [2.24, 2.45) is 0 Å². The van der Waals surface area contributed by atoms with E-state index in [1.807, 2.05) is 6.07 Å². The Hall–Kier alpha value is -1.81. The quantitative estimate of drug-likeness (QED) is 0.735. The maximum Gasteiger partial charge on any atom is 0.243 e. The van der Waals surface area contributed by atoms with Crippen molar-refractivity contribution in [2.45, 2.75) is 35.5 Å². The van der Waals surface area contributed by atoms with Crippen LogP contribution in [0.25, 0.3) is 0 Å². The third-order valence-electron chi connectivity index (χ3n) is 5.59. The second-order valence-electron chi connectivity index (χ2n) is 7.40. The first-order chi connectivity index (χ1) is 13.8. The summed E-state index contributed by atoms with van der Waals surface area (Å²) in [6.45, 7) is 0.188. The van der Waals surface area contributed by atoms with E-state index in [0.717, 1.165) is 37.3 Å². The Balaban J connectivity index is 1.50. The molecule has 4 rings (SSSR count). The number of fused-ring (bicyclic) bond motifs is 1. The van der Waals surface area contributed by atoms with Crippen LogP contribution in [0.2, 0.25) is 0 Å². The highest BCUT2D eigenvalue weighted by Crippen LogP contribution is 2.27. The zero-order chi connectivity index (χ0) is 20.6. The Morgan fingerprint density at radius 3 is 1.83 bits per heavy atom. The van der Waals surface area contributed by atoms with Gasteiger partial charge in [0, 0.05) is 26.2 Å². The summed E-state index contributed by atoms with van der Waals surface area (Å²) >= 11 is 0. The van der Waals surface area contributed by atoms with Crippen molar-refractivity contribution in [2.75, 3.05) is 26.2 Å². The largest absolute Gasteiger partial charge is 0.243 e. The van der Waals surface area contributed by atoms with E-state index in [1.165, 1.54) is 32.4 Å². The molecule has 29 heavy (non-hydrogen) atoms. The molecule has 6 nitrogen and oxygen atoms in total. The van der Waals surface area contributed by atoms with Crippen LogP contribution in [0, 0.1) is 5.82 Å². The van der Waals surface area contributed by atoms with Crippen LogP contribution in [0.5, 0.6) is 0 Å². The van der Waals surface area contributed by atoms with Gasteiger partial charge in [-0.15, -0.1) is 0 Å². The Bertz CT molecular complexity index is 1120. The monoisotopic (exact) mass is 438 g/mol. The SMILES string of the molecule is O=S(=O)(c1cccc(F)c1)N1CCN(S(=O)(=O)c2ccc3c(c2)CCCC3)CC1. The highest BCUT2D eigenvalue weighted by atomic mass is 32.2. The molecular weight excluding hydrogens is 415 g/mol. The minimum absolute atomic E-state index is 0.0308. The summed E-state index contributed by atoms with van der Waals surface area (Å²) in [5.74, 6) is -0.625. The molecule has 156 valence electrons. The number of sulfonamides is 2. The Labute approximate surface area is 171 Å². The molecule has 0 N–H and O–H groups in total. The molecule has 0 radical (unpaired) electrons. The van der Waals surface area contributed by atoms with Crippen molar-refractivity contribution in [1.82, 2.24) is 8.61 Å². The molecule has 0 spiro atoms. The first-order valence-corrected chi connectivity index (χ1v) is 12.5. The van der Waals surface area contributed by atoms with E-state index >= 15 is 0 Å². The van der Waals surface area contributed by atoms with E-state index in [0.29, 0.717) is 0 Å². The van der Waals surface area contributed by atoms with Gasteiger partial charge >= 0.3 is 0 Å². The van der Waals surface area contributed by atoms with Crippen LogP contribution in [0.3, 0.4) is 0 Å². The predicted molar refractivity (Wildman–Crippen MR) is 107 cm³/mol. The van der Waals surface area contributed by atoms with E-state index in [4.69, 9.17) is 0 Å². The minimum atomic E-state index is -3.86. The lowest BCUT2D eigenvalue weighted by Crippen LogP contribution is -2.50. The highest BCUT2D eigenvalue weighted by Gasteiger charge is 2.34. The fraction of sp³-hybridized carbons (Fsp3) is 0.400. The third kappa shape index (κ3) is 3.96. The first kappa shape index (κ1) is 20.5. The summed E-state index contributed by atoms with van der Waals surface area (Å²) in [4.78, 5) is 0.142. The molecule has 0 unspecified atom stereocenters. The normalized spacial score (nSPS) is 19.1. The Morgan fingerprint density at radius 1 is 0.690 bits per heavy atom. The molecule has 9 heteroatoms. The maximum absolute atomic E-state index is 13.4. The van der Waals surface area contributed by atoms with Crippen molar-refractivity contribution in [3.8, 4) is 0 Å². The molecular formula is C20H23FN2O4S2. The van der Waals surface area contributed by atoms with E-state index < -0.39 is 25.9 Å². The number of aryl methyl sites for hydroxylation is 2. The summed E-state index contributed by atoms with van der Waals surface area (Å²) in [5, 5.41) is 0. The van der Waals surface area contributed by atoms with Gasteiger partial charge in [0.15, 0.2) is 0 Å². The molecule has 1 saturated heterocycles. The molecule has 1 aliphatic carbocycles. The van der Waals surface area contributed by atoms with E-state index in [1.54, 1.807) is 12.1 Å². The van der Waals surface area contributed by atoms with Gasteiger partial charge in [-0.05, 0) is 67.1 Å². The van der Waals surface area contributed by atoms with Gasteiger partial charge in [0.1, 0.15) is 5.82 Å². The molecule has 0 amide bonds. The lowest BCUT2D eigenvalue weighted by molar-refractivity contribution is 0.272. The van der Waals surface area contributed by atoms with Crippen LogP contribution in [0.1, 0.15) is 24.0 Å². The second-order valence-corrected chi connectivity index (χ2v) is 11.3. The summed E-state index contributed by atoms with van der Waals surface area (Å²) in [7, 11) is -7.54. The van der Waals surface area contributed by atoms with Crippen LogP contribution < -0.4 is 0 Å². The Kier molecular flexibility index (Phi) is 5.50. The van der Waals surface area contributed by atoms with Gasteiger partial charge < -0.3 is 0 Å². The zero-order valence-electron chi connectivity index (χ0n) is 15.9. The molecule has 1 fully saturated rings. The fourth-order valence-electron chi connectivity index (χ4n) is 3.95. The number of nitrogens with zero attached hydrogens (tertiary/aromatic N) is 2. The van der Waals surface area contributed by atoms with Crippen LogP contribution in [0.4, 0.5) is 4.39 Å². The van der Waals surface area contributed by atoms with Gasteiger partial charge in [-0.2, -0.15) is 8.61 Å². The van der Waals surface area contributed by atoms with Gasteiger partial charge in [-0.1, -0.05) is 12.1 Å². The van der Waals surface area contributed by atoms with Crippen molar-refractivity contribution in [3.63, 3.8) is 0 Å². The van der Waals surface area contributed by atoms with Crippen molar-refractivity contribution in [3.05, 3.63) is 59.4 Å². The van der Waals surface area contributed by atoms with Crippen molar-refractivity contribution < 1.29 is 21.2 Å². The lowest BCUT2D eigenvalue weighted by Gasteiger charge is -2.33. The topological polar surface area (TPSA) is 74.8 Å². The number of piperazine rings is 1. The average molecular weight is 439 g/mol. The summed E-state index contributed by atoms with van der Waals surface area (Å²) in [5.41, 5.74) is 2.30. The fourth-order valence-corrected chi connectivity index (χ4v) is 6.87. The van der Waals surface area contributed by atoms with Crippen molar-refractivity contribution >= 4 is 20.0 Å². The maximum atomic E-state index is 13.4. The van der Waals surface area contributed by atoms with Gasteiger partial charge in [0.05, 0.1) is 9.79 Å². The number of benzene rings is 2. The van der Waals surface area contributed by atoms with Gasteiger partial charge in [-0.3, -0.25) is 0 Å². The first-order valence-electron chi connectivity index (χ1n) is 9.66. The smallest absolute Gasteiger partial charge is 0.207 e. The van der Waals surface area contributed by atoms with Gasteiger partial charge in [0.2, 0.25) is 20.0 Å². The molecule has 2 aliphatic rings. The van der Waals surface area contributed by atoms with Gasteiger partial charge in [0.25, 0.3) is 0 Å². The zero-order valence-corrected chi connectivity index (χ0v) is 17.6. The van der Waals surface area contributed by atoms with Crippen molar-refractivity contribution in [1.29, 1.82) is 0 Å². The predicted octanol–water partition coefficient (Wildman–Crippen LogP) is 2.40. The molecule has 0 aromatic heterocycles. The highest BCUT2D eigenvalue weighted by molar-refractivity contribution is 7.89. The molecule has 2 aromatic carbocycles.